The fourth-order valence-electron chi connectivity index (χ4n) is 2.28. The predicted octanol–water partition coefficient (Wildman–Crippen LogP) is 2.45. The average Bonchev–Trinajstić information content (AvgIpc) is 2.92. The second kappa shape index (κ2) is 7.28. The summed E-state index contributed by atoms with van der Waals surface area (Å²) in [6, 6.07) is 1.95. The van der Waals surface area contributed by atoms with E-state index in [1.807, 2.05) is 13.1 Å². The second-order valence-corrected chi connectivity index (χ2v) is 4.91. The number of rotatable bonds is 7. The summed E-state index contributed by atoms with van der Waals surface area (Å²) >= 11 is 0. The third-order valence-corrected chi connectivity index (χ3v) is 3.30. The molecule has 0 saturated carbocycles. The van der Waals surface area contributed by atoms with Gasteiger partial charge < -0.3 is 15.4 Å². The van der Waals surface area contributed by atoms with Gasteiger partial charge in [0.2, 0.25) is 0 Å². The van der Waals surface area contributed by atoms with E-state index in [2.05, 4.69) is 27.5 Å². The molecule has 0 aromatic carbocycles. The molecule has 5 nitrogen and oxygen atoms in total. The third-order valence-electron chi connectivity index (χ3n) is 3.30. The number of ether oxygens (including phenoxy) is 1. The van der Waals surface area contributed by atoms with Crippen molar-refractivity contribution in [1.82, 2.24) is 9.97 Å². The van der Waals surface area contributed by atoms with E-state index >= 15 is 0 Å². The minimum atomic E-state index is 0.424. The van der Waals surface area contributed by atoms with Crippen molar-refractivity contribution < 1.29 is 4.74 Å². The van der Waals surface area contributed by atoms with Crippen molar-refractivity contribution >= 4 is 11.6 Å². The summed E-state index contributed by atoms with van der Waals surface area (Å²) in [4.78, 5) is 8.97. The molecule has 1 aromatic rings. The minimum Gasteiger partial charge on any atom is -0.378 e. The molecule has 0 radical (unpaired) electrons. The molecule has 1 saturated heterocycles. The summed E-state index contributed by atoms with van der Waals surface area (Å²) in [5.41, 5.74) is 0. The number of nitrogens with zero attached hydrogens (tertiary/aromatic N) is 2. The van der Waals surface area contributed by atoms with E-state index in [1.165, 1.54) is 12.8 Å². The first-order valence-corrected chi connectivity index (χ1v) is 7.23. The highest BCUT2D eigenvalue weighted by molar-refractivity contribution is 5.47. The molecule has 1 atom stereocenters. The van der Waals surface area contributed by atoms with Gasteiger partial charge in [-0.15, -0.1) is 0 Å². The molecule has 2 heterocycles. The van der Waals surface area contributed by atoms with Crippen LogP contribution in [0.5, 0.6) is 0 Å². The fourth-order valence-corrected chi connectivity index (χ4v) is 2.28. The van der Waals surface area contributed by atoms with Crippen molar-refractivity contribution in [3.05, 3.63) is 11.9 Å². The Bertz CT molecular complexity index is 391. The highest BCUT2D eigenvalue weighted by Crippen LogP contribution is 2.16. The van der Waals surface area contributed by atoms with Crippen LogP contribution in [0.4, 0.5) is 11.6 Å². The molecule has 1 aliphatic heterocycles. The maximum Gasteiger partial charge on any atom is 0.133 e. The Balaban J connectivity index is 1.88. The van der Waals surface area contributed by atoms with Gasteiger partial charge in [0.15, 0.2) is 0 Å². The van der Waals surface area contributed by atoms with E-state index in [-0.39, 0.29) is 0 Å². The maximum atomic E-state index is 5.61. The van der Waals surface area contributed by atoms with Crippen LogP contribution in [0.25, 0.3) is 0 Å². The summed E-state index contributed by atoms with van der Waals surface area (Å²) < 4.78 is 5.61. The van der Waals surface area contributed by atoms with Gasteiger partial charge in [-0.1, -0.05) is 6.92 Å². The first kappa shape index (κ1) is 14.1. The Morgan fingerprint density at radius 2 is 2.21 bits per heavy atom. The lowest BCUT2D eigenvalue weighted by molar-refractivity contribution is 0.107. The molecule has 1 fully saturated rings. The van der Waals surface area contributed by atoms with E-state index in [1.54, 1.807) is 0 Å². The molecule has 0 aliphatic carbocycles. The minimum absolute atomic E-state index is 0.424. The zero-order valence-electron chi connectivity index (χ0n) is 11.9. The summed E-state index contributed by atoms with van der Waals surface area (Å²) in [7, 11) is 1.88. The van der Waals surface area contributed by atoms with Gasteiger partial charge in [0.1, 0.15) is 17.5 Å². The van der Waals surface area contributed by atoms with E-state index in [4.69, 9.17) is 4.74 Å². The second-order valence-electron chi connectivity index (χ2n) is 4.91. The zero-order valence-corrected chi connectivity index (χ0v) is 11.9. The monoisotopic (exact) mass is 264 g/mol. The Hall–Kier alpha value is -1.36. The smallest absolute Gasteiger partial charge is 0.133 e. The highest BCUT2D eigenvalue weighted by Gasteiger charge is 2.14. The van der Waals surface area contributed by atoms with Crippen molar-refractivity contribution in [2.45, 2.75) is 45.1 Å². The Kier molecular flexibility index (Phi) is 5.39. The van der Waals surface area contributed by atoms with Crippen LogP contribution in [0.2, 0.25) is 0 Å². The van der Waals surface area contributed by atoms with Gasteiger partial charge in [-0.25, -0.2) is 9.97 Å². The number of anilines is 2. The molecule has 2 rings (SSSR count). The van der Waals surface area contributed by atoms with Crippen LogP contribution in [-0.4, -0.2) is 36.3 Å². The van der Waals surface area contributed by atoms with Crippen LogP contribution in [-0.2, 0) is 11.2 Å². The predicted molar refractivity (Wildman–Crippen MR) is 77.7 cm³/mol. The molecule has 0 spiro atoms. The fraction of sp³-hybridized carbons (Fsp3) is 0.714. The van der Waals surface area contributed by atoms with Crippen molar-refractivity contribution in [3.8, 4) is 0 Å². The van der Waals surface area contributed by atoms with Gasteiger partial charge in [0, 0.05) is 32.7 Å². The molecule has 106 valence electrons. The van der Waals surface area contributed by atoms with Gasteiger partial charge in [0.25, 0.3) is 0 Å². The van der Waals surface area contributed by atoms with Crippen molar-refractivity contribution in [1.29, 1.82) is 0 Å². The average molecular weight is 264 g/mol. The van der Waals surface area contributed by atoms with Crippen LogP contribution < -0.4 is 10.6 Å². The van der Waals surface area contributed by atoms with Gasteiger partial charge >= 0.3 is 0 Å². The van der Waals surface area contributed by atoms with E-state index in [0.29, 0.717) is 6.10 Å². The molecule has 19 heavy (non-hydrogen) atoms. The maximum absolute atomic E-state index is 5.61. The van der Waals surface area contributed by atoms with Gasteiger partial charge in [-0.3, -0.25) is 0 Å². The Morgan fingerprint density at radius 1 is 1.37 bits per heavy atom. The highest BCUT2D eigenvalue weighted by atomic mass is 16.5. The molecular weight excluding hydrogens is 240 g/mol. The van der Waals surface area contributed by atoms with Crippen molar-refractivity contribution in [3.63, 3.8) is 0 Å². The number of hydrogen-bond acceptors (Lipinski definition) is 5. The lowest BCUT2D eigenvalue weighted by Crippen LogP contribution is -2.14. The topological polar surface area (TPSA) is 59.1 Å². The largest absolute Gasteiger partial charge is 0.378 e. The van der Waals surface area contributed by atoms with E-state index in [9.17, 15) is 0 Å². The molecule has 1 unspecified atom stereocenters. The lowest BCUT2D eigenvalue weighted by atomic mass is 10.2. The van der Waals surface area contributed by atoms with Crippen LogP contribution in [0.1, 0.15) is 38.4 Å². The third kappa shape index (κ3) is 4.35. The summed E-state index contributed by atoms with van der Waals surface area (Å²) in [6.45, 7) is 3.96. The van der Waals surface area contributed by atoms with Crippen molar-refractivity contribution in [2.75, 3.05) is 30.8 Å². The van der Waals surface area contributed by atoms with Crippen LogP contribution >= 0.6 is 0 Å². The summed E-state index contributed by atoms with van der Waals surface area (Å²) in [5.74, 6) is 2.67. The Morgan fingerprint density at radius 3 is 2.89 bits per heavy atom. The van der Waals surface area contributed by atoms with Gasteiger partial charge in [-0.05, 0) is 25.7 Å². The zero-order chi connectivity index (χ0) is 13.5. The summed E-state index contributed by atoms with van der Waals surface area (Å²) in [6.07, 6.45) is 5.82. The van der Waals surface area contributed by atoms with Gasteiger partial charge in [0.05, 0.1) is 6.10 Å². The molecule has 1 aliphatic rings. The van der Waals surface area contributed by atoms with E-state index in [0.717, 1.165) is 49.9 Å². The molecular formula is C14H24N4O. The van der Waals surface area contributed by atoms with Crippen LogP contribution in [0, 0.1) is 0 Å². The summed E-state index contributed by atoms with van der Waals surface area (Å²) in [5, 5.41) is 6.46. The van der Waals surface area contributed by atoms with Crippen molar-refractivity contribution in [2.24, 2.45) is 0 Å². The number of nitrogens with one attached hydrogen (secondary N) is 2. The first-order valence-electron chi connectivity index (χ1n) is 7.23. The molecule has 0 amide bonds. The SMILES string of the molecule is CCCc1nc(NC)cc(NCCC2CCCO2)n1. The van der Waals surface area contributed by atoms with Crippen LogP contribution in [0.15, 0.2) is 6.07 Å². The standard InChI is InChI=1S/C14H24N4O/c1-3-5-12-17-13(15-2)10-14(18-12)16-8-7-11-6-4-9-19-11/h10-11H,3-9H2,1-2H3,(H2,15,16,17,18). The number of aryl methyl sites for hydroxylation is 1. The van der Waals surface area contributed by atoms with Crippen LogP contribution in [0.3, 0.4) is 0 Å². The molecule has 0 bridgehead atoms. The normalized spacial score (nSPS) is 18.5. The Labute approximate surface area is 115 Å². The quantitative estimate of drug-likeness (QED) is 0.792. The number of hydrogen-bond donors (Lipinski definition) is 2. The lowest BCUT2D eigenvalue weighted by Gasteiger charge is -2.12. The van der Waals surface area contributed by atoms with Gasteiger partial charge in [-0.2, -0.15) is 0 Å². The molecule has 2 N–H and O–H groups in total. The molecule has 5 heteroatoms. The number of aromatic nitrogens is 2. The molecule has 1 aromatic heterocycles. The first-order chi connectivity index (χ1) is 9.31. The van der Waals surface area contributed by atoms with E-state index < -0.39 is 0 Å².